The minimum Gasteiger partial charge on any atom is -0.311 e. The number of hydrogen-bond donors (Lipinski definition) is 1. The van der Waals surface area contributed by atoms with Crippen molar-refractivity contribution in [2.24, 2.45) is 11.3 Å². The van der Waals surface area contributed by atoms with Gasteiger partial charge in [0, 0.05) is 31.7 Å². The monoisotopic (exact) mass is 252 g/mol. The Morgan fingerprint density at radius 2 is 1.94 bits per heavy atom. The summed E-state index contributed by atoms with van der Waals surface area (Å²) < 4.78 is 0. The molecule has 2 atom stereocenters. The Balaban J connectivity index is 2.76. The summed E-state index contributed by atoms with van der Waals surface area (Å²) in [4.78, 5) is 2.66. The third-order valence-electron chi connectivity index (χ3n) is 3.98. The first-order valence-corrected chi connectivity index (χ1v) is 7.32. The van der Waals surface area contributed by atoms with E-state index in [1.807, 2.05) is 0 Å². The summed E-state index contributed by atoms with van der Waals surface area (Å²) in [5, 5.41) is 3.73. The molecule has 1 rings (SSSR count). The number of piperazine rings is 1. The van der Waals surface area contributed by atoms with Gasteiger partial charge in [-0.3, -0.25) is 4.90 Å². The van der Waals surface area contributed by atoms with Gasteiger partial charge >= 0.3 is 0 Å². The van der Waals surface area contributed by atoms with Crippen LogP contribution in [-0.2, 0) is 0 Å². The molecule has 1 aliphatic heterocycles. The minimum absolute atomic E-state index is 0.338. The molecular weight excluding hydrogens is 220 g/mol. The van der Waals surface area contributed by atoms with Crippen LogP contribution in [0.4, 0.5) is 0 Å². The zero-order chi connectivity index (χ0) is 13.9. The fourth-order valence-corrected chi connectivity index (χ4v) is 2.64. The fraction of sp³-hybridized carbons (Fsp3) is 0.875. The van der Waals surface area contributed by atoms with E-state index in [0.717, 1.165) is 13.1 Å². The number of allylic oxidation sites excluding steroid dienone is 1. The third-order valence-corrected chi connectivity index (χ3v) is 3.98. The van der Waals surface area contributed by atoms with Crippen molar-refractivity contribution in [3.8, 4) is 0 Å². The molecule has 1 fully saturated rings. The van der Waals surface area contributed by atoms with Gasteiger partial charge in [-0.1, -0.05) is 46.3 Å². The predicted octanol–water partition coefficient (Wildman–Crippen LogP) is 3.30. The van der Waals surface area contributed by atoms with Crippen LogP contribution in [-0.4, -0.2) is 36.6 Å². The average molecular weight is 252 g/mol. The molecule has 0 amide bonds. The van der Waals surface area contributed by atoms with Crippen LogP contribution in [0.15, 0.2) is 11.6 Å². The first kappa shape index (κ1) is 15.7. The summed E-state index contributed by atoms with van der Waals surface area (Å²) in [5.74, 6) is 0.708. The molecule has 2 unspecified atom stereocenters. The van der Waals surface area contributed by atoms with Crippen LogP contribution in [0.25, 0.3) is 0 Å². The average Bonchev–Trinajstić information content (AvgIpc) is 2.24. The first-order valence-electron chi connectivity index (χ1n) is 7.32. The molecule has 106 valence electrons. The predicted molar refractivity (Wildman–Crippen MR) is 80.9 cm³/mol. The Morgan fingerprint density at radius 1 is 1.33 bits per heavy atom. The van der Waals surface area contributed by atoms with E-state index in [1.54, 1.807) is 0 Å². The SMILES string of the molecule is CC(C)=CCN1CC(C(C)C)NCC1C(C)(C)C. The number of nitrogens with one attached hydrogen (secondary N) is 1. The number of rotatable bonds is 3. The van der Waals surface area contributed by atoms with Crippen LogP contribution in [0.3, 0.4) is 0 Å². The van der Waals surface area contributed by atoms with Crippen molar-refractivity contribution in [3.05, 3.63) is 11.6 Å². The van der Waals surface area contributed by atoms with E-state index < -0.39 is 0 Å². The molecule has 1 N–H and O–H groups in total. The molecule has 0 saturated carbocycles. The van der Waals surface area contributed by atoms with Crippen LogP contribution in [0.2, 0.25) is 0 Å². The maximum absolute atomic E-state index is 3.73. The smallest absolute Gasteiger partial charge is 0.0273 e. The van der Waals surface area contributed by atoms with E-state index in [4.69, 9.17) is 0 Å². The lowest BCUT2D eigenvalue weighted by Gasteiger charge is -2.47. The van der Waals surface area contributed by atoms with Crippen molar-refractivity contribution in [1.29, 1.82) is 0 Å². The van der Waals surface area contributed by atoms with Crippen LogP contribution in [0.5, 0.6) is 0 Å². The zero-order valence-corrected chi connectivity index (χ0v) is 13.4. The van der Waals surface area contributed by atoms with Crippen LogP contribution < -0.4 is 5.32 Å². The van der Waals surface area contributed by atoms with Crippen LogP contribution in [0, 0.1) is 11.3 Å². The van der Waals surface area contributed by atoms with Gasteiger partial charge in [0.25, 0.3) is 0 Å². The second-order valence-corrected chi connectivity index (χ2v) is 7.38. The van der Waals surface area contributed by atoms with E-state index >= 15 is 0 Å². The van der Waals surface area contributed by atoms with Crippen molar-refractivity contribution in [3.63, 3.8) is 0 Å². The Kier molecular flexibility index (Phi) is 5.42. The van der Waals surface area contributed by atoms with Gasteiger partial charge in [0.15, 0.2) is 0 Å². The molecular formula is C16H32N2. The maximum Gasteiger partial charge on any atom is 0.0273 e. The summed E-state index contributed by atoms with van der Waals surface area (Å²) in [7, 11) is 0. The molecule has 0 aromatic rings. The molecule has 0 aromatic carbocycles. The van der Waals surface area contributed by atoms with Gasteiger partial charge in [-0.15, -0.1) is 0 Å². The van der Waals surface area contributed by atoms with E-state index in [2.05, 4.69) is 64.8 Å². The first-order chi connectivity index (χ1) is 8.21. The molecule has 0 bridgehead atoms. The summed E-state index contributed by atoms with van der Waals surface area (Å²) in [6.07, 6.45) is 2.36. The highest BCUT2D eigenvalue weighted by Crippen LogP contribution is 2.27. The van der Waals surface area contributed by atoms with E-state index in [9.17, 15) is 0 Å². The maximum atomic E-state index is 3.73. The Bertz CT molecular complexity index is 282. The fourth-order valence-electron chi connectivity index (χ4n) is 2.64. The minimum atomic E-state index is 0.338. The number of hydrogen-bond acceptors (Lipinski definition) is 2. The standard InChI is InChI=1S/C16H32N2/c1-12(2)8-9-18-11-14(13(3)4)17-10-15(18)16(5,6)7/h8,13-15,17H,9-11H2,1-7H3. The lowest BCUT2D eigenvalue weighted by Crippen LogP contribution is -2.61. The van der Waals surface area contributed by atoms with Crippen molar-refractivity contribution in [2.45, 2.75) is 60.5 Å². The van der Waals surface area contributed by atoms with Gasteiger partial charge in [-0.2, -0.15) is 0 Å². The Morgan fingerprint density at radius 3 is 2.39 bits per heavy atom. The van der Waals surface area contributed by atoms with Crippen molar-refractivity contribution in [2.75, 3.05) is 19.6 Å². The van der Waals surface area contributed by atoms with E-state index in [-0.39, 0.29) is 0 Å². The second kappa shape index (κ2) is 6.21. The van der Waals surface area contributed by atoms with E-state index in [0.29, 0.717) is 23.4 Å². The quantitative estimate of drug-likeness (QED) is 0.775. The Hall–Kier alpha value is -0.340. The van der Waals surface area contributed by atoms with Crippen LogP contribution >= 0.6 is 0 Å². The highest BCUT2D eigenvalue weighted by molar-refractivity contribution is 5.00. The van der Waals surface area contributed by atoms with Gasteiger partial charge < -0.3 is 5.32 Å². The zero-order valence-electron chi connectivity index (χ0n) is 13.4. The normalized spacial score (nSPS) is 26.4. The van der Waals surface area contributed by atoms with Gasteiger partial charge in [-0.05, 0) is 25.2 Å². The molecule has 18 heavy (non-hydrogen) atoms. The van der Waals surface area contributed by atoms with Gasteiger partial charge in [0.05, 0.1) is 0 Å². The van der Waals surface area contributed by atoms with Crippen LogP contribution in [0.1, 0.15) is 48.5 Å². The lowest BCUT2D eigenvalue weighted by molar-refractivity contribution is 0.0557. The molecule has 1 aliphatic rings. The summed E-state index contributed by atoms with van der Waals surface area (Å²) >= 11 is 0. The summed E-state index contributed by atoms with van der Waals surface area (Å²) in [6, 6.07) is 1.26. The molecule has 2 heteroatoms. The van der Waals surface area contributed by atoms with Gasteiger partial charge in [0.1, 0.15) is 0 Å². The highest BCUT2D eigenvalue weighted by atomic mass is 15.2. The third kappa shape index (κ3) is 4.40. The topological polar surface area (TPSA) is 15.3 Å². The largest absolute Gasteiger partial charge is 0.311 e. The van der Waals surface area contributed by atoms with Crippen molar-refractivity contribution < 1.29 is 0 Å². The molecule has 1 saturated heterocycles. The molecule has 0 aromatic heterocycles. The van der Waals surface area contributed by atoms with Gasteiger partial charge in [0.2, 0.25) is 0 Å². The molecule has 0 spiro atoms. The summed E-state index contributed by atoms with van der Waals surface area (Å²) in [6.45, 7) is 19.4. The molecule has 1 heterocycles. The van der Waals surface area contributed by atoms with Gasteiger partial charge in [-0.25, -0.2) is 0 Å². The lowest BCUT2D eigenvalue weighted by atomic mass is 9.83. The molecule has 2 nitrogen and oxygen atoms in total. The van der Waals surface area contributed by atoms with Crippen molar-refractivity contribution >= 4 is 0 Å². The Labute approximate surface area is 114 Å². The number of nitrogens with zero attached hydrogens (tertiary/aromatic N) is 1. The summed E-state index contributed by atoms with van der Waals surface area (Å²) in [5.41, 5.74) is 1.76. The van der Waals surface area contributed by atoms with Crippen molar-refractivity contribution in [1.82, 2.24) is 10.2 Å². The second-order valence-electron chi connectivity index (χ2n) is 7.38. The molecule has 0 aliphatic carbocycles. The molecule has 0 radical (unpaired) electrons. The van der Waals surface area contributed by atoms with E-state index in [1.165, 1.54) is 12.1 Å². The highest BCUT2D eigenvalue weighted by Gasteiger charge is 2.35.